The Morgan fingerprint density at radius 2 is 1.50 bits per heavy atom. The zero-order chi connectivity index (χ0) is 15.5. The summed E-state index contributed by atoms with van der Waals surface area (Å²) in [7, 11) is 0. The Morgan fingerprint density at radius 3 is 2.05 bits per heavy atom. The van der Waals surface area contributed by atoms with Gasteiger partial charge in [-0.1, -0.05) is 37.8 Å². The number of carboxylic acid groups (broad SMARTS) is 1. The molecule has 0 aliphatic carbocycles. The maximum atomic E-state index is 11.9. The maximum absolute atomic E-state index is 11.9. The van der Waals surface area contributed by atoms with Gasteiger partial charge in [0.2, 0.25) is 5.91 Å². The molecule has 4 nitrogen and oxygen atoms in total. The molecule has 1 N–H and O–H groups in total. The molecule has 0 aliphatic rings. The van der Waals surface area contributed by atoms with E-state index in [4.69, 9.17) is 0 Å². The van der Waals surface area contributed by atoms with E-state index in [0.29, 0.717) is 18.5 Å². The second-order valence-corrected chi connectivity index (χ2v) is 4.97. The molecule has 1 aromatic carbocycles. The molecule has 1 amide bonds. The van der Waals surface area contributed by atoms with Gasteiger partial charge in [-0.15, -0.1) is 0 Å². The van der Waals surface area contributed by atoms with E-state index in [0.717, 1.165) is 32.1 Å². The fourth-order valence-electron chi connectivity index (χ4n) is 2.00. The van der Waals surface area contributed by atoms with Gasteiger partial charge in [0.15, 0.2) is 0 Å². The first kappa shape index (κ1) is 21.1. The quantitative estimate of drug-likeness (QED) is 0.475. The minimum atomic E-state index is -1.24. The van der Waals surface area contributed by atoms with Crippen LogP contribution in [0.25, 0.3) is 0 Å². The normalized spacial score (nSPS) is 9.86. The van der Waals surface area contributed by atoms with E-state index in [1.807, 2.05) is 0 Å². The zero-order valence-corrected chi connectivity index (χ0v) is 15.1. The number of hydrogen-bond donors (Lipinski definition) is 1. The van der Waals surface area contributed by atoms with Crippen LogP contribution in [0.2, 0.25) is 0 Å². The van der Waals surface area contributed by atoms with Gasteiger partial charge in [0, 0.05) is 12.1 Å². The third-order valence-electron chi connectivity index (χ3n) is 3.19. The van der Waals surface area contributed by atoms with Crippen LogP contribution in [0.5, 0.6) is 0 Å². The van der Waals surface area contributed by atoms with Crippen LogP contribution in [0.15, 0.2) is 24.3 Å². The first-order chi connectivity index (χ1) is 10.1. The SMILES string of the molecule is O=C(CCCCCCCCF)Nc1ccc(C(=O)[O-])cc1.[Na+]. The summed E-state index contributed by atoms with van der Waals surface area (Å²) in [5.41, 5.74) is 0.661. The first-order valence-electron chi connectivity index (χ1n) is 7.30. The van der Waals surface area contributed by atoms with Gasteiger partial charge in [-0.3, -0.25) is 9.18 Å². The average molecular weight is 317 g/mol. The van der Waals surface area contributed by atoms with Crippen LogP contribution in [0, 0.1) is 0 Å². The van der Waals surface area contributed by atoms with Crippen molar-refractivity contribution in [1.29, 1.82) is 0 Å². The van der Waals surface area contributed by atoms with Crippen LogP contribution in [0.3, 0.4) is 0 Å². The van der Waals surface area contributed by atoms with Crippen molar-refractivity contribution in [2.75, 3.05) is 12.0 Å². The second kappa shape index (κ2) is 12.6. The van der Waals surface area contributed by atoms with E-state index in [-0.39, 0.29) is 47.7 Å². The monoisotopic (exact) mass is 317 g/mol. The molecule has 1 rings (SSSR count). The molecule has 0 saturated carbocycles. The Balaban J connectivity index is 0.00000441. The Labute approximate surface area is 152 Å². The van der Waals surface area contributed by atoms with Crippen molar-refractivity contribution in [2.24, 2.45) is 0 Å². The molecule has 0 saturated heterocycles. The smallest absolute Gasteiger partial charge is 0.545 e. The fraction of sp³-hybridized carbons (Fsp3) is 0.500. The van der Waals surface area contributed by atoms with Crippen molar-refractivity contribution in [3.63, 3.8) is 0 Å². The Hall–Kier alpha value is -0.910. The Kier molecular flexibility index (Phi) is 12.1. The molecule has 0 atom stereocenters. The summed E-state index contributed by atoms with van der Waals surface area (Å²) < 4.78 is 11.9. The molecule has 0 aromatic heterocycles. The molecule has 1 aromatic rings. The molecule has 0 bridgehead atoms. The van der Waals surface area contributed by atoms with Gasteiger partial charge in [-0.2, -0.15) is 0 Å². The number of carboxylic acids is 1. The van der Waals surface area contributed by atoms with E-state index in [2.05, 4.69) is 5.32 Å². The minimum absolute atomic E-state index is 0. The molecule has 0 heterocycles. The standard InChI is InChI=1S/C16H22FNO3.Na/c17-12-6-4-2-1-3-5-7-15(19)18-14-10-8-13(9-11-14)16(20)21;/h8-11H,1-7,12H2,(H,18,19)(H,20,21);/q;+1/p-1. The number of halogens is 1. The van der Waals surface area contributed by atoms with Crippen LogP contribution < -0.4 is 40.0 Å². The number of hydrogen-bond acceptors (Lipinski definition) is 3. The number of carbonyl (C=O) groups excluding carboxylic acids is 2. The summed E-state index contributed by atoms with van der Waals surface area (Å²) in [6.45, 7) is -0.251. The Morgan fingerprint density at radius 1 is 0.955 bits per heavy atom. The molecule has 22 heavy (non-hydrogen) atoms. The van der Waals surface area contributed by atoms with Crippen LogP contribution in [0.1, 0.15) is 55.3 Å². The topological polar surface area (TPSA) is 69.2 Å². The van der Waals surface area contributed by atoms with Crippen molar-refractivity contribution in [1.82, 2.24) is 0 Å². The van der Waals surface area contributed by atoms with E-state index in [1.54, 1.807) is 12.1 Å². The molecular weight excluding hydrogens is 296 g/mol. The van der Waals surface area contributed by atoms with E-state index < -0.39 is 5.97 Å². The molecule has 116 valence electrons. The summed E-state index contributed by atoms with van der Waals surface area (Å²) in [5.74, 6) is -1.32. The largest absolute Gasteiger partial charge is 1.00 e. The van der Waals surface area contributed by atoms with Gasteiger partial charge < -0.3 is 15.2 Å². The Bertz CT molecular complexity index is 451. The summed E-state index contributed by atoms with van der Waals surface area (Å²) in [6, 6.07) is 5.88. The molecule has 0 fully saturated rings. The van der Waals surface area contributed by atoms with Crippen molar-refractivity contribution < 1.29 is 48.6 Å². The number of carbonyl (C=O) groups is 2. The molecule has 0 radical (unpaired) electrons. The third-order valence-corrected chi connectivity index (χ3v) is 3.19. The first-order valence-corrected chi connectivity index (χ1v) is 7.30. The van der Waals surface area contributed by atoms with Gasteiger partial charge in [0.25, 0.3) is 0 Å². The number of alkyl halides is 1. The van der Waals surface area contributed by atoms with Crippen LogP contribution in [-0.2, 0) is 4.79 Å². The van der Waals surface area contributed by atoms with Gasteiger partial charge in [-0.25, -0.2) is 0 Å². The summed E-state index contributed by atoms with van der Waals surface area (Å²) in [6.07, 6.45) is 5.77. The average Bonchev–Trinajstić information content (AvgIpc) is 2.47. The molecule has 0 unspecified atom stereocenters. The summed E-state index contributed by atoms with van der Waals surface area (Å²) >= 11 is 0. The molecule has 6 heteroatoms. The minimum Gasteiger partial charge on any atom is -0.545 e. The van der Waals surface area contributed by atoms with Crippen molar-refractivity contribution in [3.8, 4) is 0 Å². The number of aromatic carboxylic acids is 1. The van der Waals surface area contributed by atoms with Crippen molar-refractivity contribution in [2.45, 2.75) is 44.9 Å². The second-order valence-electron chi connectivity index (χ2n) is 4.97. The fourth-order valence-corrected chi connectivity index (χ4v) is 2.00. The number of benzene rings is 1. The van der Waals surface area contributed by atoms with Crippen LogP contribution in [0.4, 0.5) is 10.1 Å². The predicted octanol–water partition coefficient (Wildman–Crippen LogP) is -0.307. The molecule has 0 spiro atoms. The van der Waals surface area contributed by atoms with Gasteiger partial charge in [-0.05, 0) is 30.5 Å². The van der Waals surface area contributed by atoms with Gasteiger partial charge >= 0.3 is 29.6 Å². The number of rotatable bonds is 10. The van der Waals surface area contributed by atoms with Crippen LogP contribution in [-0.4, -0.2) is 18.6 Å². The van der Waals surface area contributed by atoms with Crippen LogP contribution >= 0.6 is 0 Å². The summed E-state index contributed by atoms with van der Waals surface area (Å²) in [4.78, 5) is 22.3. The van der Waals surface area contributed by atoms with E-state index in [1.165, 1.54) is 12.1 Å². The van der Waals surface area contributed by atoms with E-state index in [9.17, 15) is 19.1 Å². The zero-order valence-electron chi connectivity index (χ0n) is 13.1. The number of amides is 1. The maximum Gasteiger partial charge on any atom is 1.00 e. The van der Waals surface area contributed by atoms with Crippen molar-refractivity contribution >= 4 is 17.6 Å². The van der Waals surface area contributed by atoms with E-state index >= 15 is 0 Å². The number of nitrogens with one attached hydrogen (secondary N) is 1. The summed E-state index contributed by atoms with van der Waals surface area (Å²) in [5, 5.41) is 13.3. The number of unbranched alkanes of at least 4 members (excludes halogenated alkanes) is 5. The third kappa shape index (κ3) is 9.18. The predicted molar refractivity (Wildman–Crippen MR) is 77.7 cm³/mol. The molecular formula is C16H21FNNaO3. The van der Waals surface area contributed by atoms with Gasteiger partial charge in [0.1, 0.15) is 0 Å². The van der Waals surface area contributed by atoms with Crippen molar-refractivity contribution in [3.05, 3.63) is 29.8 Å². The van der Waals surface area contributed by atoms with Gasteiger partial charge in [0.05, 0.1) is 12.6 Å². The molecule has 0 aliphatic heterocycles. The number of anilines is 1.